The first kappa shape index (κ1) is 8.53. The molecule has 0 spiro atoms. The molecule has 60 valence electrons. The van der Waals surface area contributed by atoms with Crippen LogP contribution in [0.4, 0.5) is 0 Å². The van der Waals surface area contributed by atoms with E-state index < -0.39 is 0 Å². The minimum atomic E-state index is 0.101. The molecule has 3 heteroatoms. The topological polar surface area (TPSA) is 38.0 Å². The van der Waals surface area contributed by atoms with Gasteiger partial charge in [-0.2, -0.15) is 0 Å². The number of nitrogens with one attached hydrogen (secondary N) is 1. The molecule has 0 saturated carbocycles. The van der Waals surface area contributed by atoms with Crippen LogP contribution in [0.5, 0.6) is 0 Å². The van der Waals surface area contributed by atoms with Crippen molar-refractivity contribution >= 4 is 11.6 Å². The zero-order chi connectivity index (χ0) is 8.27. The molecule has 0 unspecified atom stereocenters. The molecule has 1 aromatic rings. The van der Waals surface area contributed by atoms with Crippen molar-refractivity contribution in [2.24, 2.45) is 5.84 Å². The van der Waals surface area contributed by atoms with Crippen LogP contribution in [0.3, 0.4) is 0 Å². The van der Waals surface area contributed by atoms with Crippen molar-refractivity contribution in [1.82, 2.24) is 5.43 Å². The average Bonchev–Trinajstić information content (AvgIpc) is 2.04. The van der Waals surface area contributed by atoms with Crippen molar-refractivity contribution in [3.05, 3.63) is 34.9 Å². The monoisotopic (exact) mass is 170 g/mol. The molecule has 0 aliphatic heterocycles. The molecule has 11 heavy (non-hydrogen) atoms. The highest BCUT2D eigenvalue weighted by atomic mass is 35.5. The van der Waals surface area contributed by atoms with Crippen LogP contribution in [0.15, 0.2) is 24.3 Å². The summed E-state index contributed by atoms with van der Waals surface area (Å²) < 4.78 is 0. The number of hydrazine groups is 1. The van der Waals surface area contributed by atoms with E-state index in [1.54, 1.807) is 0 Å². The minimum absolute atomic E-state index is 0.101. The number of hydrogen-bond donors (Lipinski definition) is 2. The lowest BCUT2D eigenvalue weighted by Gasteiger charge is -2.10. The second-order valence-corrected chi connectivity index (χ2v) is 2.82. The molecule has 0 fully saturated rings. The Kier molecular flexibility index (Phi) is 2.88. The third kappa shape index (κ3) is 1.93. The van der Waals surface area contributed by atoms with E-state index in [2.05, 4.69) is 5.43 Å². The SMILES string of the molecule is C[C@H](NN)c1ccccc1Cl. The fourth-order valence-corrected chi connectivity index (χ4v) is 1.22. The van der Waals surface area contributed by atoms with Gasteiger partial charge >= 0.3 is 0 Å². The Morgan fingerprint density at radius 1 is 1.45 bits per heavy atom. The zero-order valence-corrected chi connectivity index (χ0v) is 7.10. The van der Waals surface area contributed by atoms with Crippen molar-refractivity contribution in [3.8, 4) is 0 Å². The Morgan fingerprint density at radius 3 is 2.64 bits per heavy atom. The summed E-state index contributed by atoms with van der Waals surface area (Å²) in [5, 5.41) is 0.748. The van der Waals surface area contributed by atoms with Gasteiger partial charge in [-0.1, -0.05) is 29.8 Å². The smallest absolute Gasteiger partial charge is 0.0454 e. The van der Waals surface area contributed by atoms with Gasteiger partial charge in [-0.15, -0.1) is 0 Å². The van der Waals surface area contributed by atoms with Crippen LogP contribution in [-0.4, -0.2) is 0 Å². The summed E-state index contributed by atoms with van der Waals surface area (Å²) in [4.78, 5) is 0. The molecule has 3 N–H and O–H groups in total. The molecular weight excluding hydrogens is 160 g/mol. The van der Waals surface area contributed by atoms with Crippen LogP contribution >= 0.6 is 11.6 Å². The quantitative estimate of drug-likeness (QED) is 0.525. The predicted octanol–water partition coefficient (Wildman–Crippen LogP) is 1.86. The van der Waals surface area contributed by atoms with Crippen LogP contribution in [0.1, 0.15) is 18.5 Å². The summed E-state index contributed by atoms with van der Waals surface area (Å²) in [7, 11) is 0. The highest BCUT2D eigenvalue weighted by Crippen LogP contribution is 2.20. The van der Waals surface area contributed by atoms with Crippen LogP contribution < -0.4 is 11.3 Å². The minimum Gasteiger partial charge on any atom is -0.271 e. The second kappa shape index (κ2) is 3.72. The van der Waals surface area contributed by atoms with Crippen LogP contribution in [0.2, 0.25) is 5.02 Å². The molecule has 2 nitrogen and oxygen atoms in total. The summed E-state index contributed by atoms with van der Waals surface area (Å²) in [6.45, 7) is 1.96. The molecule has 0 bridgehead atoms. The van der Waals surface area contributed by atoms with Gasteiger partial charge in [0, 0.05) is 11.1 Å². The van der Waals surface area contributed by atoms with Gasteiger partial charge in [0.25, 0.3) is 0 Å². The van der Waals surface area contributed by atoms with E-state index in [-0.39, 0.29) is 6.04 Å². The lowest BCUT2D eigenvalue weighted by Crippen LogP contribution is -2.25. The molecule has 0 saturated heterocycles. The Hall–Kier alpha value is -0.570. The van der Waals surface area contributed by atoms with Gasteiger partial charge in [-0.3, -0.25) is 11.3 Å². The van der Waals surface area contributed by atoms with Crippen molar-refractivity contribution in [2.45, 2.75) is 13.0 Å². The summed E-state index contributed by atoms with van der Waals surface area (Å²) >= 11 is 5.90. The van der Waals surface area contributed by atoms with Gasteiger partial charge in [-0.05, 0) is 18.6 Å². The van der Waals surface area contributed by atoms with Gasteiger partial charge in [0.1, 0.15) is 0 Å². The summed E-state index contributed by atoms with van der Waals surface area (Å²) in [5.74, 6) is 5.26. The number of halogens is 1. The van der Waals surface area contributed by atoms with E-state index in [0.29, 0.717) is 0 Å². The van der Waals surface area contributed by atoms with E-state index in [4.69, 9.17) is 17.4 Å². The molecule has 0 amide bonds. The Balaban J connectivity index is 2.93. The van der Waals surface area contributed by atoms with E-state index in [0.717, 1.165) is 10.6 Å². The second-order valence-electron chi connectivity index (χ2n) is 2.41. The van der Waals surface area contributed by atoms with E-state index in [1.165, 1.54) is 0 Å². The van der Waals surface area contributed by atoms with Gasteiger partial charge in [-0.25, -0.2) is 0 Å². The first-order valence-corrected chi connectivity index (χ1v) is 3.84. The van der Waals surface area contributed by atoms with Crippen LogP contribution in [0.25, 0.3) is 0 Å². The highest BCUT2D eigenvalue weighted by molar-refractivity contribution is 6.31. The van der Waals surface area contributed by atoms with Gasteiger partial charge < -0.3 is 0 Å². The maximum absolute atomic E-state index is 5.90. The van der Waals surface area contributed by atoms with Gasteiger partial charge in [0.2, 0.25) is 0 Å². The fraction of sp³-hybridized carbons (Fsp3) is 0.250. The number of nitrogens with two attached hydrogens (primary N) is 1. The lowest BCUT2D eigenvalue weighted by atomic mass is 10.1. The normalized spacial score (nSPS) is 13.0. The highest BCUT2D eigenvalue weighted by Gasteiger charge is 2.05. The number of rotatable bonds is 2. The first-order valence-electron chi connectivity index (χ1n) is 3.46. The van der Waals surface area contributed by atoms with Gasteiger partial charge in [0.15, 0.2) is 0 Å². The van der Waals surface area contributed by atoms with Crippen molar-refractivity contribution in [2.75, 3.05) is 0 Å². The van der Waals surface area contributed by atoms with E-state index in [1.807, 2.05) is 31.2 Å². The number of benzene rings is 1. The van der Waals surface area contributed by atoms with Gasteiger partial charge in [0.05, 0.1) is 0 Å². The zero-order valence-electron chi connectivity index (χ0n) is 6.34. The van der Waals surface area contributed by atoms with Crippen LogP contribution in [-0.2, 0) is 0 Å². The maximum atomic E-state index is 5.90. The Bertz CT molecular complexity index is 237. The van der Waals surface area contributed by atoms with Crippen molar-refractivity contribution in [3.63, 3.8) is 0 Å². The molecule has 0 aliphatic carbocycles. The van der Waals surface area contributed by atoms with Crippen molar-refractivity contribution in [1.29, 1.82) is 0 Å². The first-order chi connectivity index (χ1) is 5.25. The Morgan fingerprint density at radius 2 is 2.09 bits per heavy atom. The summed E-state index contributed by atoms with van der Waals surface area (Å²) in [5.41, 5.74) is 3.66. The van der Waals surface area contributed by atoms with E-state index >= 15 is 0 Å². The largest absolute Gasteiger partial charge is 0.271 e. The summed E-state index contributed by atoms with van der Waals surface area (Å²) in [6, 6.07) is 7.74. The number of hydrogen-bond acceptors (Lipinski definition) is 2. The molecule has 0 radical (unpaired) electrons. The lowest BCUT2D eigenvalue weighted by molar-refractivity contribution is 0.603. The summed E-state index contributed by atoms with van der Waals surface area (Å²) in [6.07, 6.45) is 0. The molecule has 0 aromatic heterocycles. The standard InChI is InChI=1S/C8H11ClN2/c1-6(11-10)7-4-2-3-5-8(7)9/h2-6,11H,10H2,1H3/t6-/m0/s1. The Labute approximate surface area is 71.3 Å². The third-order valence-electron chi connectivity index (χ3n) is 1.62. The maximum Gasteiger partial charge on any atom is 0.0454 e. The molecule has 0 heterocycles. The molecule has 1 rings (SSSR count). The molecule has 1 atom stereocenters. The molecule has 0 aliphatic rings. The third-order valence-corrected chi connectivity index (χ3v) is 1.97. The van der Waals surface area contributed by atoms with Crippen molar-refractivity contribution < 1.29 is 0 Å². The molecule has 1 aromatic carbocycles. The molecular formula is C8H11ClN2. The van der Waals surface area contributed by atoms with E-state index in [9.17, 15) is 0 Å². The fourth-order valence-electron chi connectivity index (χ4n) is 0.916. The average molecular weight is 171 g/mol. The predicted molar refractivity (Wildman–Crippen MR) is 47.2 cm³/mol. The van der Waals surface area contributed by atoms with Crippen LogP contribution in [0, 0.1) is 0 Å².